The number of nitrogens with zero attached hydrogens (tertiary/aromatic N) is 3. The van der Waals surface area contributed by atoms with Crippen LogP contribution in [0.5, 0.6) is 11.5 Å². The van der Waals surface area contributed by atoms with Crippen molar-refractivity contribution in [1.82, 2.24) is 9.97 Å². The van der Waals surface area contributed by atoms with Crippen LogP contribution in [0.25, 0.3) is 0 Å². The molecule has 1 heterocycles. The van der Waals surface area contributed by atoms with Gasteiger partial charge in [-0.25, -0.2) is 9.98 Å². The highest BCUT2D eigenvalue weighted by Crippen LogP contribution is 2.51. The van der Waals surface area contributed by atoms with Gasteiger partial charge in [0.25, 0.3) is 0 Å². The molecule has 2 aromatic rings. The van der Waals surface area contributed by atoms with Crippen LogP contribution in [0.1, 0.15) is 25.0 Å². The van der Waals surface area contributed by atoms with Gasteiger partial charge in [-0.1, -0.05) is 6.07 Å². The van der Waals surface area contributed by atoms with Crippen LogP contribution in [0, 0.1) is 6.92 Å². The lowest BCUT2D eigenvalue weighted by molar-refractivity contribution is 0.232. The lowest BCUT2D eigenvalue weighted by Gasteiger charge is -2.19. The summed E-state index contributed by atoms with van der Waals surface area (Å²) in [4.78, 5) is 12.5. The highest BCUT2D eigenvalue weighted by Gasteiger charge is 2.32. The van der Waals surface area contributed by atoms with Crippen molar-refractivity contribution >= 4 is 18.9 Å². The summed E-state index contributed by atoms with van der Waals surface area (Å²) in [5, 5.41) is 10.0. The fourth-order valence-electron chi connectivity index (χ4n) is 2.46. The number of rotatable bonds is 9. The zero-order chi connectivity index (χ0) is 19.9. The van der Waals surface area contributed by atoms with E-state index in [0.717, 1.165) is 5.56 Å². The molecule has 1 aromatic carbocycles. The van der Waals surface area contributed by atoms with Gasteiger partial charge in [0.1, 0.15) is 5.45 Å². The summed E-state index contributed by atoms with van der Waals surface area (Å²) in [5.74, 6) is 0.688. The number of phenols is 1. The van der Waals surface area contributed by atoms with Crippen molar-refractivity contribution in [2.75, 3.05) is 20.3 Å². The van der Waals surface area contributed by atoms with Gasteiger partial charge < -0.3 is 18.9 Å². The standard InChI is InChI=1S/C18H24N3O5P/c1-5-25-27(23,26-6-2)17(21-16-12-19-7-8-20-16)11-14-9-13(3)18(22)15(10-14)24-4/h7-10,12,22H,5-6,11H2,1-4H3. The van der Waals surface area contributed by atoms with Gasteiger partial charge in [-0.2, -0.15) is 0 Å². The second kappa shape index (κ2) is 9.60. The van der Waals surface area contributed by atoms with Gasteiger partial charge in [0, 0.05) is 18.8 Å². The molecule has 0 aliphatic carbocycles. The molecule has 0 amide bonds. The number of hydrogen-bond donors (Lipinski definition) is 1. The zero-order valence-electron chi connectivity index (χ0n) is 15.9. The average molecular weight is 393 g/mol. The van der Waals surface area contributed by atoms with E-state index in [4.69, 9.17) is 13.8 Å². The number of ether oxygens (including phenoxy) is 1. The van der Waals surface area contributed by atoms with E-state index >= 15 is 0 Å². The lowest BCUT2D eigenvalue weighted by Crippen LogP contribution is -2.11. The maximum absolute atomic E-state index is 13.3. The SMILES string of the molecule is CCOP(=O)(OCC)C(Cc1cc(C)c(O)c(OC)c1)=Nc1cnccn1. The van der Waals surface area contributed by atoms with Crippen molar-refractivity contribution in [2.24, 2.45) is 4.99 Å². The molecule has 0 aliphatic rings. The molecule has 0 saturated carbocycles. The van der Waals surface area contributed by atoms with Crippen molar-refractivity contribution in [3.8, 4) is 11.5 Å². The molecule has 0 saturated heterocycles. The van der Waals surface area contributed by atoms with Crippen LogP contribution in [0.15, 0.2) is 35.7 Å². The number of hydrogen-bond acceptors (Lipinski definition) is 8. The molecule has 1 aromatic heterocycles. The van der Waals surface area contributed by atoms with Gasteiger partial charge in [0.05, 0.1) is 26.5 Å². The van der Waals surface area contributed by atoms with Gasteiger partial charge in [-0.15, -0.1) is 0 Å². The minimum Gasteiger partial charge on any atom is -0.504 e. The van der Waals surface area contributed by atoms with Crippen LogP contribution in [0.3, 0.4) is 0 Å². The predicted molar refractivity (Wildman–Crippen MR) is 103 cm³/mol. The zero-order valence-corrected chi connectivity index (χ0v) is 16.8. The number of phenolic OH excluding ortho intramolecular Hbond substituents is 1. The van der Waals surface area contributed by atoms with Gasteiger partial charge >= 0.3 is 7.60 Å². The quantitative estimate of drug-likeness (QED) is 0.506. The molecule has 0 radical (unpaired) electrons. The Morgan fingerprint density at radius 3 is 2.48 bits per heavy atom. The number of aromatic nitrogens is 2. The molecule has 0 atom stereocenters. The van der Waals surface area contributed by atoms with Crippen LogP contribution in [0.4, 0.5) is 5.82 Å². The van der Waals surface area contributed by atoms with Crippen LogP contribution in [0.2, 0.25) is 0 Å². The number of aromatic hydroxyl groups is 1. The summed E-state index contributed by atoms with van der Waals surface area (Å²) in [5.41, 5.74) is 1.58. The van der Waals surface area contributed by atoms with Crippen molar-refractivity contribution in [3.05, 3.63) is 41.9 Å². The first kappa shape index (κ1) is 21.0. The second-order valence-electron chi connectivity index (χ2n) is 5.57. The van der Waals surface area contributed by atoms with E-state index in [1.54, 1.807) is 32.9 Å². The molecule has 0 fully saturated rings. The molecular weight excluding hydrogens is 369 g/mol. The van der Waals surface area contributed by atoms with Crippen LogP contribution < -0.4 is 4.74 Å². The van der Waals surface area contributed by atoms with E-state index in [0.29, 0.717) is 17.1 Å². The minimum absolute atomic E-state index is 0.0615. The van der Waals surface area contributed by atoms with E-state index in [2.05, 4.69) is 15.0 Å². The highest BCUT2D eigenvalue weighted by atomic mass is 31.2. The number of aryl methyl sites for hydroxylation is 1. The summed E-state index contributed by atoms with van der Waals surface area (Å²) in [6.07, 6.45) is 4.66. The molecular formula is C18H24N3O5P. The molecule has 9 heteroatoms. The molecule has 0 bridgehead atoms. The maximum Gasteiger partial charge on any atom is 0.375 e. The van der Waals surface area contributed by atoms with Crippen molar-refractivity contribution in [2.45, 2.75) is 27.2 Å². The Labute approximate surface area is 158 Å². The number of aliphatic imine (C=N–C) groups is 1. The van der Waals surface area contributed by atoms with Crippen molar-refractivity contribution in [1.29, 1.82) is 0 Å². The van der Waals surface area contributed by atoms with Gasteiger partial charge in [0.15, 0.2) is 17.3 Å². The molecule has 2 rings (SSSR count). The van der Waals surface area contributed by atoms with E-state index in [-0.39, 0.29) is 30.8 Å². The van der Waals surface area contributed by atoms with Crippen LogP contribution in [-0.4, -0.2) is 40.9 Å². The average Bonchev–Trinajstić information content (AvgIpc) is 2.65. The topological polar surface area (TPSA) is 103 Å². The first-order valence-corrected chi connectivity index (χ1v) is 10.1. The molecule has 0 aliphatic heterocycles. The molecule has 8 nitrogen and oxygen atoms in total. The van der Waals surface area contributed by atoms with Crippen molar-refractivity contribution in [3.63, 3.8) is 0 Å². The maximum atomic E-state index is 13.3. The smallest absolute Gasteiger partial charge is 0.375 e. The van der Waals surface area contributed by atoms with Crippen LogP contribution >= 0.6 is 7.60 Å². The first-order valence-electron chi connectivity index (χ1n) is 8.53. The fourth-order valence-corrected chi connectivity index (χ4v) is 4.12. The second-order valence-corrected chi connectivity index (χ2v) is 7.59. The van der Waals surface area contributed by atoms with E-state index < -0.39 is 7.60 Å². The summed E-state index contributed by atoms with van der Waals surface area (Å²) in [7, 11) is -2.16. The Morgan fingerprint density at radius 2 is 1.93 bits per heavy atom. The summed E-state index contributed by atoms with van der Waals surface area (Å²) < 4.78 is 29.4. The third-order valence-electron chi connectivity index (χ3n) is 3.61. The fraction of sp³-hybridized carbons (Fsp3) is 0.389. The normalized spacial score (nSPS) is 12.2. The minimum atomic E-state index is -3.63. The largest absolute Gasteiger partial charge is 0.504 e. The Morgan fingerprint density at radius 1 is 1.22 bits per heavy atom. The number of benzene rings is 1. The molecule has 0 spiro atoms. The predicted octanol–water partition coefficient (Wildman–Crippen LogP) is 4.04. The monoisotopic (exact) mass is 393 g/mol. The van der Waals surface area contributed by atoms with Crippen molar-refractivity contribution < 1.29 is 23.5 Å². The Kier molecular flexibility index (Phi) is 7.47. The Balaban J connectivity index is 2.52. The summed E-state index contributed by atoms with van der Waals surface area (Å²) >= 11 is 0. The van der Waals surface area contributed by atoms with Gasteiger partial charge in [-0.05, 0) is 38.0 Å². The van der Waals surface area contributed by atoms with Gasteiger partial charge in [-0.3, -0.25) is 9.55 Å². The number of methoxy groups -OCH3 is 1. The van der Waals surface area contributed by atoms with E-state index in [1.807, 2.05) is 0 Å². The highest BCUT2D eigenvalue weighted by molar-refractivity contribution is 7.72. The summed E-state index contributed by atoms with van der Waals surface area (Å²) in [6, 6.07) is 3.43. The molecule has 1 N–H and O–H groups in total. The Hall–Kier alpha value is -2.28. The first-order chi connectivity index (χ1) is 12.9. The van der Waals surface area contributed by atoms with E-state index in [9.17, 15) is 9.67 Å². The lowest BCUT2D eigenvalue weighted by atomic mass is 10.1. The Bertz CT molecular complexity index is 832. The third kappa shape index (κ3) is 5.35. The van der Waals surface area contributed by atoms with Gasteiger partial charge in [0.2, 0.25) is 0 Å². The third-order valence-corrected chi connectivity index (χ3v) is 5.70. The summed E-state index contributed by atoms with van der Waals surface area (Å²) in [6.45, 7) is 5.63. The molecule has 146 valence electrons. The molecule has 27 heavy (non-hydrogen) atoms. The van der Waals surface area contributed by atoms with E-state index in [1.165, 1.54) is 25.7 Å². The van der Waals surface area contributed by atoms with Crippen LogP contribution in [-0.2, 0) is 20.0 Å². The molecule has 0 unspecified atom stereocenters.